The van der Waals surface area contributed by atoms with Crippen molar-refractivity contribution in [3.63, 3.8) is 0 Å². The van der Waals surface area contributed by atoms with E-state index in [0.717, 1.165) is 0 Å². The fraction of sp³-hybridized carbons (Fsp3) is 0.429. The molecule has 19 heavy (non-hydrogen) atoms. The Morgan fingerprint density at radius 3 is 1.95 bits per heavy atom. The van der Waals surface area contributed by atoms with E-state index in [9.17, 15) is 24.3 Å². The Balaban J connectivity index is -0.000000375. The second kappa shape index (κ2) is 13.1. The molecule has 0 bridgehead atoms. The Kier molecular flexibility index (Phi) is 19.0. The first-order chi connectivity index (χ1) is 7.31. The molecule has 0 radical (unpaired) electrons. The molecule has 12 heteroatoms. The van der Waals surface area contributed by atoms with Gasteiger partial charge in [0.1, 0.15) is 0 Å². The van der Waals surface area contributed by atoms with Crippen molar-refractivity contribution < 1.29 is 39.3 Å². The van der Waals surface area contributed by atoms with E-state index in [-0.39, 0.29) is 77.9 Å². The quantitative estimate of drug-likeness (QED) is 0.220. The zero-order chi connectivity index (χ0) is 12.8. The van der Waals surface area contributed by atoms with Gasteiger partial charge in [-0.05, 0) is 0 Å². The van der Waals surface area contributed by atoms with Crippen LogP contribution in [0.4, 0.5) is 0 Å². The van der Waals surface area contributed by atoms with Crippen LogP contribution in [0, 0.1) is 0 Å². The fourth-order valence-electron chi connectivity index (χ4n) is 0.829. The number of carboxylic acids is 2. The zero-order valence-electron chi connectivity index (χ0n) is 8.28. The van der Waals surface area contributed by atoms with Crippen LogP contribution in [0.1, 0.15) is 12.8 Å². The Morgan fingerprint density at radius 2 is 1.63 bits per heavy atom. The van der Waals surface area contributed by atoms with Crippen LogP contribution in [0.2, 0.25) is 0 Å². The van der Waals surface area contributed by atoms with E-state index in [2.05, 4.69) is 4.84 Å². The van der Waals surface area contributed by atoms with Gasteiger partial charge < -0.3 is 20.2 Å². The average molecular weight is 320 g/mol. The minimum atomic E-state index is -2.77. The maximum atomic E-state index is 10.8. The molecule has 0 saturated heterocycles. The number of hydroxylamine groups is 1. The van der Waals surface area contributed by atoms with Gasteiger partial charge in [-0.3, -0.25) is 9.59 Å². The average Bonchev–Trinajstić information content (AvgIpc) is 2.12. The van der Waals surface area contributed by atoms with E-state index < -0.39 is 36.4 Å². The molecule has 0 aliphatic rings. The molecule has 0 aromatic rings. The van der Waals surface area contributed by atoms with Gasteiger partial charge in [0.2, 0.25) is 6.41 Å². The van der Waals surface area contributed by atoms with Crippen LogP contribution in [0.25, 0.3) is 0 Å². The van der Waals surface area contributed by atoms with Crippen molar-refractivity contribution >= 4 is 95.8 Å². The molecule has 1 unspecified atom stereocenters. The summed E-state index contributed by atoms with van der Waals surface area (Å²) in [5.41, 5.74) is -1.29. The third-order valence-electron chi connectivity index (χ3n) is 1.50. The second-order valence-electron chi connectivity index (χ2n) is 2.79. The Bertz CT molecular complexity index is 328. The number of aliphatic hydroxyl groups is 1. The van der Waals surface area contributed by atoms with Gasteiger partial charge in [-0.25, -0.2) is 9.59 Å². The number of nitrogens with one attached hydrogen (secondary N) is 1. The summed E-state index contributed by atoms with van der Waals surface area (Å²) in [7, 11) is 0. The topological polar surface area (TPSA) is 150 Å². The molecule has 0 aliphatic heterocycles. The summed E-state index contributed by atoms with van der Waals surface area (Å²) in [6.07, 6.45) is -2.26. The molecule has 9 nitrogen and oxygen atoms in total. The molecule has 0 spiro atoms. The summed E-state index contributed by atoms with van der Waals surface area (Å²) in [6, 6.07) is 0. The summed E-state index contributed by atoms with van der Waals surface area (Å²) in [6.45, 7) is 0. The maximum absolute atomic E-state index is 10.8. The van der Waals surface area contributed by atoms with Gasteiger partial charge in [0, 0.05) is 0 Å². The van der Waals surface area contributed by atoms with E-state index in [0.29, 0.717) is 0 Å². The van der Waals surface area contributed by atoms with Crippen molar-refractivity contribution in [3.05, 3.63) is 0 Å². The van der Waals surface area contributed by atoms with Crippen LogP contribution >= 0.6 is 12.4 Å². The molecule has 0 aliphatic carbocycles. The van der Waals surface area contributed by atoms with Gasteiger partial charge in [0.25, 0.3) is 0 Å². The monoisotopic (exact) mass is 319 g/mol. The van der Waals surface area contributed by atoms with Crippen LogP contribution in [-0.4, -0.2) is 104 Å². The molecular formula is C7H12ClNNa2O8. The van der Waals surface area contributed by atoms with Gasteiger partial charge in [-0.2, -0.15) is 5.48 Å². The molecule has 0 aromatic heterocycles. The van der Waals surface area contributed by atoms with Crippen molar-refractivity contribution in [2.24, 2.45) is 0 Å². The van der Waals surface area contributed by atoms with Crippen LogP contribution < -0.4 is 5.48 Å². The molecule has 4 N–H and O–H groups in total. The van der Waals surface area contributed by atoms with Crippen molar-refractivity contribution in [1.82, 2.24) is 5.48 Å². The number of carbonyl (C=O) groups is 4. The Labute approximate surface area is 158 Å². The van der Waals surface area contributed by atoms with Crippen molar-refractivity contribution in [2.75, 3.05) is 0 Å². The number of aliphatic carboxylic acids is 2. The number of amides is 1. The minimum absolute atomic E-state index is 0. The first kappa shape index (κ1) is 27.5. The summed E-state index contributed by atoms with van der Waals surface area (Å²) < 4.78 is 0. The first-order valence-corrected chi connectivity index (χ1v) is 3.88. The van der Waals surface area contributed by atoms with Crippen LogP contribution in [-0.2, 0) is 24.0 Å². The predicted octanol–water partition coefficient (Wildman–Crippen LogP) is -3.00. The zero-order valence-corrected chi connectivity index (χ0v) is 9.10. The molecular weight excluding hydrogens is 308 g/mol. The van der Waals surface area contributed by atoms with E-state index in [4.69, 9.17) is 10.2 Å². The standard InChI is InChI=1S/C7H9NO8.ClH.2Na.2H/c9-3-8-16-5(12)2-7(15,6(13)14)1-4(10)11;;;;;/h3,15H,1-2H2,(H,8,9)(H,10,11)(H,13,14);1H;;;;. The van der Waals surface area contributed by atoms with Crippen molar-refractivity contribution in [1.29, 1.82) is 0 Å². The summed E-state index contributed by atoms with van der Waals surface area (Å²) in [5.74, 6) is -4.75. The van der Waals surface area contributed by atoms with E-state index >= 15 is 0 Å². The number of carbonyl (C=O) groups excluding carboxylic acids is 2. The third-order valence-corrected chi connectivity index (χ3v) is 1.50. The number of halogens is 1. The van der Waals surface area contributed by atoms with Gasteiger partial charge >= 0.3 is 77.0 Å². The van der Waals surface area contributed by atoms with Gasteiger partial charge in [0.05, 0.1) is 12.8 Å². The Hall–Kier alpha value is 0.130. The van der Waals surface area contributed by atoms with E-state index in [1.165, 1.54) is 5.48 Å². The predicted molar refractivity (Wildman–Crippen MR) is 66.3 cm³/mol. The molecule has 102 valence electrons. The van der Waals surface area contributed by atoms with Crippen molar-refractivity contribution in [2.45, 2.75) is 18.4 Å². The van der Waals surface area contributed by atoms with E-state index in [1.54, 1.807) is 0 Å². The van der Waals surface area contributed by atoms with Gasteiger partial charge in [-0.15, -0.1) is 12.4 Å². The SMILES string of the molecule is Cl.O=CNOC(=O)CC(O)(CC(=O)O)C(=O)O.[NaH].[NaH]. The van der Waals surface area contributed by atoms with E-state index in [1.807, 2.05) is 0 Å². The molecule has 0 saturated carbocycles. The summed E-state index contributed by atoms with van der Waals surface area (Å²) in [5, 5.41) is 26.2. The van der Waals surface area contributed by atoms with Crippen molar-refractivity contribution in [3.8, 4) is 0 Å². The van der Waals surface area contributed by atoms with Crippen LogP contribution in [0.15, 0.2) is 0 Å². The third kappa shape index (κ3) is 11.6. The summed E-state index contributed by atoms with van der Waals surface area (Å²) >= 11 is 0. The second-order valence-corrected chi connectivity index (χ2v) is 2.79. The first-order valence-electron chi connectivity index (χ1n) is 3.88. The van der Waals surface area contributed by atoms with Gasteiger partial charge in [0.15, 0.2) is 5.60 Å². The molecule has 0 heterocycles. The summed E-state index contributed by atoms with van der Waals surface area (Å²) in [4.78, 5) is 45.3. The number of rotatable bonds is 7. The number of hydrogen-bond acceptors (Lipinski definition) is 6. The number of hydrogen-bond donors (Lipinski definition) is 4. The molecule has 0 aromatic carbocycles. The Morgan fingerprint density at radius 1 is 1.16 bits per heavy atom. The molecule has 1 amide bonds. The van der Waals surface area contributed by atoms with Crippen LogP contribution in [0.5, 0.6) is 0 Å². The fourth-order valence-corrected chi connectivity index (χ4v) is 0.829. The molecule has 1 atom stereocenters. The van der Waals surface area contributed by atoms with Crippen LogP contribution in [0.3, 0.4) is 0 Å². The van der Waals surface area contributed by atoms with Gasteiger partial charge in [-0.1, -0.05) is 0 Å². The number of carboxylic acid groups (broad SMARTS) is 2. The molecule has 0 fully saturated rings. The normalized spacial score (nSPS) is 11.2. The molecule has 0 rings (SSSR count).